The highest BCUT2D eigenvalue weighted by atomic mass is 19.1. The largest absolute Gasteiger partial charge is 0.357 e. The molecule has 3 N–H and O–H groups in total. The molecule has 0 saturated heterocycles. The van der Waals surface area contributed by atoms with Gasteiger partial charge in [0.1, 0.15) is 11.9 Å². The van der Waals surface area contributed by atoms with Crippen LogP contribution in [0.2, 0.25) is 0 Å². The fraction of sp³-hybridized carbons (Fsp3) is 0.364. The molecule has 2 aromatic carbocycles. The van der Waals surface area contributed by atoms with Gasteiger partial charge in [-0.2, -0.15) is 0 Å². The molecule has 3 rings (SSSR count). The number of urea groups is 1. The van der Waals surface area contributed by atoms with Crippen LogP contribution in [0.3, 0.4) is 0 Å². The molecule has 28 heavy (non-hydrogen) atoms. The first-order valence-corrected chi connectivity index (χ1v) is 9.61. The number of rotatable bonds is 6. The van der Waals surface area contributed by atoms with Gasteiger partial charge in [0.25, 0.3) is 0 Å². The second-order valence-corrected chi connectivity index (χ2v) is 7.28. The Morgan fingerprint density at radius 2 is 1.68 bits per heavy atom. The number of nitrogens with one attached hydrogen (secondary N) is 3. The number of hydrogen-bond acceptors (Lipinski definition) is 2. The van der Waals surface area contributed by atoms with Crippen LogP contribution < -0.4 is 16.0 Å². The summed E-state index contributed by atoms with van der Waals surface area (Å²) in [5.74, 6) is -0.547. The van der Waals surface area contributed by atoms with Crippen LogP contribution in [0.5, 0.6) is 0 Å². The quantitative estimate of drug-likeness (QED) is 0.715. The van der Waals surface area contributed by atoms with Gasteiger partial charge < -0.3 is 16.0 Å². The summed E-state index contributed by atoms with van der Waals surface area (Å²) in [7, 11) is 1.54. The summed E-state index contributed by atoms with van der Waals surface area (Å²) in [6.45, 7) is 0.444. The van der Waals surface area contributed by atoms with E-state index >= 15 is 0 Å². The Balaban J connectivity index is 1.69. The standard InChI is InChI=1S/C22H26FN3O2/c1-24-20(27)19(16-7-3-2-4-8-16)26-21(28)25-15-22(13-5-6-14-22)17-9-11-18(23)12-10-17/h2-4,7-12,19H,5-6,13-15H2,1H3,(H,24,27)(H2,25,26,28)/t19-/m1/s1. The second-order valence-electron chi connectivity index (χ2n) is 7.28. The zero-order valence-corrected chi connectivity index (χ0v) is 16.0. The van der Waals surface area contributed by atoms with Crippen molar-refractivity contribution in [3.8, 4) is 0 Å². The normalized spacial score (nSPS) is 16.2. The predicted molar refractivity (Wildman–Crippen MR) is 106 cm³/mol. The van der Waals surface area contributed by atoms with Gasteiger partial charge in [0.15, 0.2) is 0 Å². The number of likely N-dealkylation sites (N-methyl/N-ethyl adjacent to an activating group) is 1. The van der Waals surface area contributed by atoms with Crippen LogP contribution in [0.4, 0.5) is 9.18 Å². The van der Waals surface area contributed by atoms with Crippen LogP contribution in [0.1, 0.15) is 42.9 Å². The van der Waals surface area contributed by atoms with Gasteiger partial charge in [0, 0.05) is 19.0 Å². The molecule has 1 aliphatic rings. The Morgan fingerprint density at radius 3 is 2.29 bits per heavy atom. The third kappa shape index (κ3) is 4.50. The first-order chi connectivity index (χ1) is 13.5. The molecule has 1 fully saturated rings. The fourth-order valence-electron chi connectivity index (χ4n) is 3.94. The van der Waals surface area contributed by atoms with Crippen molar-refractivity contribution in [3.63, 3.8) is 0 Å². The molecule has 1 aliphatic carbocycles. The van der Waals surface area contributed by atoms with Gasteiger partial charge in [-0.05, 0) is 36.1 Å². The van der Waals surface area contributed by atoms with Crippen LogP contribution in [-0.4, -0.2) is 25.5 Å². The van der Waals surface area contributed by atoms with E-state index in [1.54, 1.807) is 31.3 Å². The number of benzene rings is 2. The van der Waals surface area contributed by atoms with Crippen LogP contribution in [0.15, 0.2) is 54.6 Å². The van der Waals surface area contributed by atoms with Crippen LogP contribution in [0, 0.1) is 5.82 Å². The van der Waals surface area contributed by atoms with E-state index in [0.717, 1.165) is 31.2 Å². The van der Waals surface area contributed by atoms with Gasteiger partial charge >= 0.3 is 6.03 Å². The summed E-state index contributed by atoms with van der Waals surface area (Å²) in [4.78, 5) is 24.8. The molecule has 0 radical (unpaired) electrons. The van der Waals surface area contributed by atoms with Crippen molar-refractivity contribution in [2.45, 2.75) is 37.1 Å². The molecule has 148 valence electrons. The number of hydrogen-bond donors (Lipinski definition) is 3. The molecule has 0 bridgehead atoms. The van der Waals surface area contributed by atoms with E-state index in [1.807, 2.05) is 18.2 Å². The number of amides is 3. The topological polar surface area (TPSA) is 70.2 Å². The van der Waals surface area contributed by atoms with Crippen LogP contribution in [0.25, 0.3) is 0 Å². The predicted octanol–water partition coefficient (Wildman–Crippen LogP) is 3.42. The molecule has 0 aliphatic heterocycles. The smallest absolute Gasteiger partial charge is 0.315 e. The Labute approximate surface area is 164 Å². The summed E-state index contributed by atoms with van der Waals surface area (Å²) in [6, 6.07) is 14.5. The van der Waals surface area contributed by atoms with Crippen LogP contribution >= 0.6 is 0 Å². The fourth-order valence-corrected chi connectivity index (χ4v) is 3.94. The first kappa shape index (κ1) is 19.9. The lowest BCUT2D eigenvalue weighted by Crippen LogP contribution is -2.47. The molecule has 0 heterocycles. The molecule has 3 amide bonds. The molecule has 6 heteroatoms. The van der Waals surface area contributed by atoms with E-state index in [9.17, 15) is 14.0 Å². The Morgan fingerprint density at radius 1 is 1.04 bits per heavy atom. The molecule has 5 nitrogen and oxygen atoms in total. The Bertz CT molecular complexity index is 802. The van der Waals surface area contributed by atoms with E-state index in [0.29, 0.717) is 12.1 Å². The highest BCUT2D eigenvalue weighted by Gasteiger charge is 2.36. The maximum atomic E-state index is 13.3. The Hall–Kier alpha value is -2.89. The van der Waals surface area contributed by atoms with Gasteiger partial charge in [-0.3, -0.25) is 4.79 Å². The third-order valence-electron chi connectivity index (χ3n) is 5.52. The first-order valence-electron chi connectivity index (χ1n) is 9.61. The lowest BCUT2D eigenvalue weighted by atomic mass is 9.79. The minimum absolute atomic E-state index is 0.194. The maximum absolute atomic E-state index is 13.3. The maximum Gasteiger partial charge on any atom is 0.315 e. The van der Waals surface area contributed by atoms with Crippen LogP contribution in [-0.2, 0) is 10.2 Å². The highest BCUT2D eigenvalue weighted by Crippen LogP contribution is 2.40. The van der Waals surface area contributed by atoms with E-state index < -0.39 is 12.1 Å². The molecular formula is C22H26FN3O2. The van der Waals surface area contributed by atoms with Gasteiger partial charge in [0.2, 0.25) is 5.91 Å². The number of halogens is 1. The SMILES string of the molecule is CNC(=O)[C@H](NC(=O)NCC1(c2ccc(F)cc2)CCCC1)c1ccccc1. The number of carbonyl (C=O) groups is 2. The van der Waals surface area contributed by atoms with Crippen molar-refractivity contribution in [3.05, 3.63) is 71.5 Å². The molecule has 0 spiro atoms. The van der Waals surface area contributed by atoms with Crippen molar-refractivity contribution in [1.29, 1.82) is 0 Å². The van der Waals surface area contributed by atoms with Gasteiger partial charge in [-0.25, -0.2) is 9.18 Å². The number of carbonyl (C=O) groups excluding carboxylic acids is 2. The summed E-state index contributed by atoms with van der Waals surface area (Å²) in [6.07, 6.45) is 4.03. The molecular weight excluding hydrogens is 357 g/mol. The second kappa shape index (κ2) is 8.87. The zero-order valence-electron chi connectivity index (χ0n) is 16.0. The van der Waals surface area contributed by atoms with E-state index in [2.05, 4.69) is 16.0 Å². The average Bonchev–Trinajstić information content (AvgIpc) is 3.21. The van der Waals surface area contributed by atoms with Crippen molar-refractivity contribution < 1.29 is 14.0 Å². The van der Waals surface area contributed by atoms with Crippen molar-refractivity contribution in [2.24, 2.45) is 0 Å². The van der Waals surface area contributed by atoms with Crippen molar-refractivity contribution >= 4 is 11.9 Å². The Kier molecular flexibility index (Phi) is 6.29. The third-order valence-corrected chi connectivity index (χ3v) is 5.52. The summed E-state index contributed by atoms with van der Waals surface area (Å²) in [5.41, 5.74) is 1.56. The average molecular weight is 383 g/mol. The van der Waals surface area contributed by atoms with E-state index in [1.165, 1.54) is 12.1 Å². The summed E-state index contributed by atoms with van der Waals surface area (Å²) in [5, 5.41) is 8.29. The van der Waals surface area contributed by atoms with E-state index in [-0.39, 0.29) is 17.1 Å². The monoisotopic (exact) mass is 383 g/mol. The lowest BCUT2D eigenvalue weighted by Gasteiger charge is -2.30. The molecule has 1 saturated carbocycles. The molecule has 0 aromatic heterocycles. The van der Waals surface area contributed by atoms with Gasteiger partial charge in [-0.15, -0.1) is 0 Å². The molecule has 0 unspecified atom stereocenters. The van der Waals surface area contributed by atoms with Gasteiger partial charge in [0.05, 0.1) is 0 Å². The van der Waals surface area contributed by atoms with Gasteiger partial charge in [-0.1, -0.05) is 55.3 Å². The molecule has 1 atom stereocenters. The van der Waals surface area contributed by atoms with Crippen molar-refractivity contribution in [1.82, 2.24) is 16.0 Å². The lowest BCUT2D eigenvalue weighted by molar-refractivity contribution is -0.122. The van der Waals surface area contributed by atoms with Crippen molar-refractivity contribution in [2.75, 3.05) is 13.6 Å². The summed E-state index contributed by atoms with van der Waals surface area (Å²) < 4.78 is 13.3. The minimum atomic E-state index is -0.767. The zero-order chi connectivity index (χ0) is 20.0. The molecule has 2 aromatic rings. The highest BCUT2D eigenvalue weighted by molar-refractivity contribution is 5.88. The minimum Gasteiger partial charge on any atom is -0.357 e. The van der Waals surface area contributed by atoms with E-state index in [4.69, 9.17) is 0 Å². The summed E-state index contributed by atoms with van der Waals surface area (Å²) >= 11 is 0.